The first kappa shape index (κ1) is 19.9. The third-order valence-electron chi connectivity index (χ3n) is 3.80. The number of anilines is 1. The molecule has 1 atom stereocenters. The molecule has 3 rings (SSSR count). The summed E-state index contributed by atoms with van der Waals surface area (Å²) in [6, 6.07) is 14.0. The number of hydrogen-bond donors (Lipinski definition) is 1. The number of amides is 1. The molecule has 0 aliphatic heterocycles. The summed E-state index contributed by atoms with van der Waals surface area (Å²) in [5, 5.41) is 5.50. The molecule has 1 amide bonds. The molecular formula is C20H17ClN2O4S. The van der Waals surface area contributed by atoms with E-state index >= 15 is 0 Å². The van der Waals surface area contributed by atoms with Crippen LogP contribution >= 0.6 is 22.9 Å². The van der Waals surface area contributed by atoms with Crippen molar-refractivity contribution in [1.29, 1.82) is 0 Å². The second kappa shape index (κ2) is 8.86. The smallest absolute Gasteiger partial charge is 0.358 e. The lowest BCUT2D eigenvalue weighted by Crippen LogP contribution is -2.30. The van der Waals surface area contributed by atoms with Gasteiger partial charge in [-0.25, -0.2) is 9.78 Å². The summed E-state index contributed by atoms with van der Waals surface area (Å²) < 4.78 is 10.3. The highest BCUT2D eigenvalue weighted by Gasteiger charge is 2.21. The predicted molar refractivity (Wildman–Crippen MR) is 109 cm³/mol. The number of methoxy groups -OCH3 is 1. The summed E-state index contributed by atoms with van der Waals surface area (Å²) in [7, 11) is 1.56. The van der Waals surface area contributed by atoms with Crippen molar-refractivity contribution in [2.75, 3.05) is 12.4 Å². The van der Waals surface area contributed by atoms with Crippen molar-refractivity contribution in [1.82, 2.24) is 4.98 Å². The molecule has 0 saturated heterocycles. The third kappa shape index (κ3) is 4.88. The van der Waals surface area contributed by atoms with Gasteiger partial charge in [-0.15, -0.1) is 11.3 Å². The Kier molecular flexibility index (Phi) is 6.28. The number of nitrogens with one attached hydrogen (secondary N) is 1. The highest BCUT2D eigenvalue weighted by molar-refractivity contribution is 7.13. The standard InChI is InChI=1S/C20H17ClN2O4S/c1-12(18(24)22-15-6-8-16(26-2)9-7-15)27-20(25)17-11-28-19(23-17)13-4-3-5-14(21)10-13/h3-12H,1-2H3,(H,22,24)/t12-/m0/s1. The zero-order chi connectivity index (χ0) is 20.1. The molecule has 0 unspecified atom stereocenters. The minimum atomic E-state index is -0.981. The number of aromatic nitrogens is 1. The van der Waals surface area contributed by atoms with Crippen LogP contribution in [0.5, 0.6) is 5.75 Å². The number of ether oxygens (including phenoxy) is 2. The average Bonchev–Trinajstić information content (AvgIpc) is 3.19. The first-order valence-corrected chi connectivity index (χ1v) is 9.59. The van der Waals surface area contributed by atoms with Gasteiger partial charge in [0.05, 0.1) is 7.11 Å². The molecule has 0 aliphatic rings. The van der Waals surface area contributed by atoms with E-state index in [0.717, 1.165) is 5.56 Å². The fourth-order valence-electron chi connectivity index (χ4n) is 2.31. The molecule has 1 aromatic heterocycles. The quantitative estimate of drug-likeness (QED) is 0.591. The minimum Gasteiger partial charge on any atom is -0.497 e. The van der Waals surface area contributed by atoms with Crippen LogP contribution in [0, 0.1) is 0 Å². The number of carbonyl (C=O) groups is 2. The molecule has 28 heavy (non-hydrogen) atoms. The Morgan fingerprint density at radius 3 is 2.61 bits per heavy atom. The lowest BCUT2D eigenvalue weighted by Gasteiger charge is -2.13. The highest BCUT2D eigenvalue weighted by atomic mass is 35.5. The number of halogens is 1. The zero-order valence-corrected chi connectivity index (χ0v) is 16.7. The van der Waals surface area contributed by atoms with E-state index in [2.05, 4.69) is 10.3 Å². The Morgan fingerprint density at radius 2 is 1.93 bits per heavy atom. The van der Waals surface area contributed by atoms with Crippen LogP contribution in [0.1, 0.15) is 17.4 Å². The molecule has 3 aromatic rings. The van der Waals surface area contributed by atoms with Gasteiger partial charge in [0.1, 0.15) is 10.8 Å². The first-order valence-electron chi connectivity index (χ1n) is 8.33. The Bertz CT molecular complexity index is 988. The minimum absolute atomic E-state index is 0.143. The van der Waals surface area contributed by atoms with E-state index < -0.39 is 18.0 Å². The topological polar surface area (TPSA) is 77.5 Å². The summed E-state index contributed by atoms with van der Waals surface area (Å²) in [6.07, 6.45) is -0.981. The molecule has 0 saturated carbocycles. The summed E-state index contributed by atoms with van der Waals surface area (Å²) in [5.41, 5.74) is 1.52. The van der Waals surface area contributed by atoms with Gasteiger partial charge in [-0.3, -0.25) is 4.79 Å². The van der Waals surface area contributed by atoms with E-state index in [0.29, 0.717) is 21.5 Å². The lowest BCUT2D eigenvalue weighted by molar-refractivity contribution is -0.123. The maximum absolute atomic E-state index is 12.3. The molecule has 2 aromatic carbocycles. The van der Waals surface area contributed by atoms with Crippen molar-refractivity contribution in [2.24, 2.45) is 0 Å². The van der Waals surface area contributed by atoms with Crippen molar-refractivity contribution in [2.45, 2.75) is 13.0 Å². The fraction of sp³-hybridized carbons (Fsp3) is 0.150. The van der Waals surface area contributed by atoms with Crippen LogP contribution in [0.15, 0.2) is 53.9 Å². The van der Waals surface area contributed by atoms with Crippen molar-refractivity contribution < 1.29 is 19.1 Å². The molecule has 0 fully saturated rings. The van der Waals surface area contributed by atoms with Gasteiger partial charge < -0.3 is 14.8 Å². The van der Waals surface area contributed by atoms with Crippen LogP contribution in [-0.2, 0) is 9.53 Å². The van der Waals surface area contributed by atoms with Crippen LogP contribution in [-0.4, -0.2) is 30.1 Å². The van der Waals surface area contributed by atoms with Crippen LogP contribution in [0.4, 0.5) is 5.69 Å². The maximum atomic E-state index is 12.3. The molecule has 0 aliphatic carbocycles. The Morgan fingerprint density at radius 1 is 1.18 bits per heavy atom. The molecule has 0 bridgehead atoms. The SMILES string of the molecule is COc1ccc(NC(=O)[C@H](C)OC(=O)c2csc(-c3cccc(Cl)c3)n2)cc1. The van der Waals surface area contributed by atoms with Gasteiger partial charge in [-0.05, 0) is 43.3 Å². The van der Waals surface area contributed by atoms with E-state index in [9.17, 15) is 9.59 Å². The third-order valence-corrected chi connectivity index (χ3v) is 4.92. The first-order chi connectivity index (χ1) is 13.5. The second-order valence-electron chi connectivity index (χ2n) is 5.81. The maximum Gasteiger partial charge on any atom is 0.358 e. The number of thiazole rings is 1. The van der Waals surface area contributed by atoms with Crippen molar-refractivity contribution >= 4 is 40.5 Å². The highest BCUT2D eigenvalue weighted by Crippen LogP contribution is 2.26. The van der Waals surface area contributed by atoms with Crippen LogP contribution in [0.3, 0.4) is 0 Å². The predicted octanol–water partition coefficient (Wildman–Crippen LogP) is 4.66. The largest absolute Gasteiger partial charge is 0.497 e. The van der Waals surface area contributed by atoms with Crippen molar-refractivity contribution in [3.8, 4) is 16.3 Å². The van der Waals surface area contributed by atoms with Gasteiger partial charge in [0.15, 0.2) is 11.8 Å². The molecule has 1 heterocycles. The summed E-state index contributed by atoms with van der Waals surface area (Å²) >= 11 is 7.28. The molecule has 8 heteroatoms. The molecular weight excluding hydrogens is 400 g/mol. The molecule has 0 radical (unpaired) electrons. The normalized spacial score (nSPS) is 11.5. The van der Waals surface area contributed by atoms with Crippen LogP contribution < -0.4 is 10.1 Å². The van der Waals surface area contributed by atoms with Gasteiger partial charge in [-0.1, -0.05) is 23.7 Å². The summed E-state index contributed by atoms with van der Waals surface area (Å²) in [4.78, 5) is 28.8. The lowest BCUT2D eigenvalue weighted by atomic mass is 10.2. The zero-order valence-electron chi connectivity index (χ0n) is 15.1. The van der Waals surface area contributed by atoms with Gasteiger partial charge in [0.25, 0.3) is 5.91 Å². The average molecular weight is 417 g/mol. The summed E-state index contributed by atoms with van der Waals surface area (Å²) in [6.45, 7) is 1.50. The number of carbonyl (C=O) groups excluding carboxylic acids is 2. The fourth-order valence-corrected chi connectivity index (χ4v) is 3.29. The monoisotopic (exact) mass is 416 g/mol. The number of benzene rings is 2. The number of hydrogen-bond acceptors (Lipinski definition) is 6. The van der Waals surface area contributed by atoms with E-state index in [1.165, 1.54) is 18.3 Å². The molecule has 0 spiro atoms. The number of esters is 1. The Labute approximate surface area is 171 Å². The van der Waals surface area contributed by atoms with E-state index in [4.69, 9.17) is 21.1 Å². The molecule has 144 valence electrons. The van der Waals surface area contributed by atoms with Gasteiger partial charge in [0, 0.05) is 21.7 Å². The van der Waals surface area contributed by atoms with Crippen molar-refractivity contribution in [3.63, 3.8) is 0 Å². The van der Waals surface area contributed by atoms with Crippen molar-refractivity contribution in [3.05, 3.63) is 64.6 Å². The summed E-state index contributed by atoms with van der Waals surface area (Å²) in [5.74, 6) is -0.428. The molecule has 6 nitrogen and oxygen atoms in total. The van der Waals surface area contributed by atoms with Gasteiger partial charge in [0.2, 0.25) is 0 Å². The van der Waals surface area contributed by atoms with Gasteiger partial charge >= 0.3 is 5.97 Å². The van der Waals surface area contributed by atoms with E-state index in [1.54, 1.807) is 48.9 Å². The Hall–Kier alpha value is -2.90. The van der Waals surface area contributed by atoms with Crippen LogP contribution in [0.2, 0.25) is 5.02 Å². The van der Waals surface area contributed by atoms with E-state index in [-0.39, 0.29) is 5.69 Å². The Balaban J connectivity index is 1.61. The van der Waals surface area contributed by atoms with Gasteiger partial charge in [-0.2, -0.15) is 0 Å². The number of nitrogens with zero attached hydrogens (tertiary/aromatic N) is 1. The second-order valence-corrected chi connectivity index (χ2v) is 7.11. The number of rotatable bonds is 6. The molecule has 1 N–H and O–H groups in total. The van der Waals surface area contributed by atoms with E-state index in [1.807, 2.05) is 12.1 Å². The van der Waals surface area contributed by atoms with Crippen LogP contribution in [0.25, 0.3) is 10.6 Å².